The number of aryl methyl sites for hydroxylation is 2. The SMILES string of the molecule is Cc1ccc(N/C=C(/C(=C/Nc2ccc(C)cc2)[N+](=O)[O-])[N+](=O)[O-])cc1. The van der Waals surface area contributed by atoms with Crippen molar-refractivity contribution >= 4 is 11.4 Å². The predicted octanol–water partition coefficient (Wildman–Crippen LogP) is 4.06. The fourth-order valence-corrected chi connectivity index (χ4v) is 2.04. The van der Waals surface area contributed by atoms with E-state index in [1.807, 2.05) is 38.1 Å². The molecule has 0 radical (unpaired) electrons. The molecule has 0 saturated heterocycles. The maximum Gasteiger partial charge on any atom is 0.363 e. The van der Waals surface area contributed by atoms with Gasteiger partial charge in [0.25, 0.3) is 0 Å². The van der Waals surface area contributed by atoms with Gasteiger partial charge in [-0.05, 0) is 38.1 Å². The molecule has 2 aromatic carbocycles. The number of nitrogens with one attached hydrogen (secondary N) is 2. The first kappa shape index (κ1) is 18.7. The van der Waals surface area contributed by atoms with Gasteiger partial charge in [0.1, 0.15) is 0 Å². The van der Waals surface area contributed by atoms with E-state index >= 15 is 0 Å². The van der Waals surface area contributed by atoms with Crippen molar-refractivity contribution in [3.63, 3.8) is 0 Å². The minimum absolute atomic E-state index is 0.587. The standard InChI is InChI=1S/C18H18N4O4/c1-13-3-7-15(8-4-13)19-11-17(21(23)24)18(22(25)26)12-20-16-9-5-14(2)6-10-16/h3-12,19-20H,1-2H3/b17-11-,18-12-. The first-order chi connectivity index (χ1) is 12.4. The Morgan fingerprint density at radius 2 is 1.04 bits per heavy atom. The van der Waals surface area contributed by atoms with Gasteiger partial charge in [-0.3, -0.25) is 20.2 Å². The Kier molecular flexibility index (Phi) is 6.05. The van der Waals surface area contributed by atoms with Gasteiger partial charge in [0.05, 0.1) is 22.2 Å². The number of hydrogen-bond acceptors (Lipinski definition) is 6. The van der Waals surface area contributed by atoms with Crippen LogP contribution in [0, 0.1) is 34.1 Å². The van der Waals surface area contributed by atoms with E-state index < -0.39 is 21.2 Å². The predicted molar refractivity (Wildman–Crippen MR) is 99.8 cm³/mol. The highest BCUT2D eigenvalue weighted by molar-refractivity contribution is 5.49. The highest BCUT2D eigenvalue weighted by Crippen LogP contribution is 2.16. The summed E-state index contributed by atoms with van der Waals surface area (Å²) in [5.41, 5.74) is 1.92. The Bertz CT molecular complexity index is 782. The molecule has 0 bridgehead atoms. The second-order valence-corrected chi connectivity index (χ2v) is 5.59. The molecule has 26 heavy (non-hydrogen) atoms. The van der Waals surface area contributed by atoms with Crippen LogP contribution in [-0.4, -0.2) is 9.85 Å². The molecule has 0 atom stereocenters. The molecule has 8 nitrogen and oxygen atoms in total. The molecule has 8 heteroatoms. The van der Waals surface area contributed by atoms with Gasteiger partial charge in [-0.15, -0.1) is 0 Å². The molecule has 0 aliphatic heterocycles. The number of anilines is 2. The van der Waals surface area contributed by atoms with Crippen molar-refractivity contribution in [3.05, 3.63) is 104 Å². The van der Waals surface area contributed by atoms with Crippen molar-refractivity contribution in [2.45, 2.75) is 13.8 Å². The van der Waals surface area contributed by atoms with E-state index in [1.165, 1.54) is 0 Å². The lowest BCUT2D eigenvalue weighted by Crippen LogP contribution is -2.13. The molecule has 2 N–H and O–H groups in total. The van der Waals surface area contributed by atoms with E-state index in [-0.39, 0.29) is 0 Å². The largest absolute Gasteiger partial charge is 0.363 e. The Morgan fingerprint density at radius 3 is 1.31 bits per heavy atom. The van der Waals surface area contributed by atoms with Crippen LogP contribution in [0.1, 0.15) is 11.1 Å². The van der Waals surface area contributed by atoms with Gasteiger partial charge in [0.15, 0.2) is 0 Å². The molecule has 134 valence electrons. The zero-order valence-corrected chi connectivity index (χ0v) is 14.3. The number of hydrogen-bond donors (Lipinski definition) is 2. The summed E-state index contributed by atoms with van der Waals surface area (Å²) >= 11 is 0. The van der Waals surface area contributed by atoms with Crippen LogP contribution in [0.3, 0.4) is 0 Å². The smallest absolute Gasteiger partial charge is 0.356 e. The molecular formula is C18H18N4O4. The Morgan fingerprint density at radius 1 is 0.731 bits per heavy atom. The zero-order valence-electron chi connectivity index (χ0n) is 14.3. The fraction of sp³-hybridized carbons (Fsp3) is 0.111. The van der Waals surface area contributed by atoms with Gasteiger partial charge in [0, 0.05) is 11.4 Å². The molecule has 0 saturated carbocycles. The van der Waals surface area contributed by atoms with Gasteiger partial charge < -0.3 is 10.6 Å². The van der Waals surface area contributed by atoms with Crippen molar-refractivity contribution in [3.8, 4) is 0 Å². The Labute approximate surface area is 150 Å². The molecule has 0 spiro atoms. The molecule has 2 aromatic rings. The van der Waals surface area contributed by atoms with Gasteiger partial charge in [-0.1, -0.05) is 35.4 Å². The second kappa shape index (κ2) is 8.43. The number of benzene rings is 2. The molecule has 0 unspecified atom stereocenters. The van der Waals surface area contributed by atoms with Crippen molar-refractivity contribution in [2.75, 3.05) is 10.6 Å². The third kappa shape index (κ3) is 5.17. The number of nitro groups is 2. The highest BCUT2D eigenvalue weighted by atomic mass is 16.6. The molecule has 0 heterocycles. The summed E-state index contributed by atoms with van der Waals surface area (Å²) in [5.74, 6) is 0. The minimum Gasteiger partial charge on any atom is -0.356 e. The van der Waals surface area contributed by atoms with Crippen molar-refractivity contribution in [1.29, 1.82) is 0 Å². The highest BCUT2D eigenvalue weighted by Gasteiger charge is 2.29. The van der Waals surface area contributed by atoms with Crippen LogP contribution in [0.4, 0.5) is 11.4 Å². The normalized spacial score (nSPS) is 11.8. The van der Waals surface area contributed by atoms with Gasteiger partial charge in [0.2, 0.25) is 0 Å². The van der Waals surface area contributed by atoms with E-state index in [9.17, 15) is 20.2 Å². The van der Waals surface area contributed by atoms with Crippen LogP contribution in [0.5, 0.6) is 0 Å². The maximum atomic E-state index is 11.3. The van der Waals surface area contributed by atoms with Crippen LogP contribution in [0.2, 0.25) is 0 Å². The molecule has 0 amide bonds. The molecule has 0 aromatic heterocycles. The van der Waals surface area contributed by atoms with Crippen LogP contribution >= 0.6 is 0 Å². The Hall–Kier alpha value is -3.68. The van der Waals surface area contributed by atoms with Crippen LogP contribution < -0.4 is 10.6 Å². The average Bonchev–Trinajstić information content (AvgIpc) is 2.60. The van der Waals surface area contributed by atoms with Gasteiger partial charge in [-0.25, -0.2) is 0 Å². The van der Waals surface area contributed by atoms with E-state index in [1.54, 1.807) is 24.3 Å². The number of nitrogens with zero attached hydrogens (tertiary/aromatic N) is 2. The lowest BCUT2D eigenvalue weighted by molar-refractivity contribution is -0.479. The average molecular weight is 354 g/mol. The maximum absolute atomic E-state index is 11.3. The quantitative estimate of drug-likeness (QED) is 0.441. The molecule has 0 aliphatic rings. The summed E-state index contributed by atoms with van der Waals surface area (Å²) in [6.07, 6.45) is 2.02. The lowest BCUT2D eigenvalue weighted by atomic mass is 10.2. The summed E-state index contributed by atoms with van der Waals surface area (Å²) < 4.78 is 0. The third-order valence-corrected chi connectivity index (χ3v) is 3.51. The third-order valence-electron chi connectivity index (χ3n) is 3.51. The van der Waals surface area contributed by atoms with E-state index in [4.69, 9.17) is 0 Å². The van der Waals surface area contributed by atoms with Crippen molar-refractivity contribution < 1.29 is 9.85 Å². The lowest BCUT2D eigenvalue weighted by Gasteiger charge is -2.03. The summed E-state index contributed by atoms with van der Waals surface area (Å²) in [5, 5.41) is 28.0. The van der Waals surface area contributed by atoms with Crippen LogP contribution in [0.15, 0.2) is 72.3 Å². The van der Waals surface area contributed by atoms with Crippen molar-refractivity contribution in [2.24, 2.45) is 0 Å². The van der Waals surface area contributed by atoms with Gasteiger partial charge >= 0.3 is 11.4 Å². The molecule has 2 rings (SSSR count). The Balaban J connectivity index is 2.26. The number of rotatable bonds is 7. The van der Waals surface area contributed by atoms with Crippen molar-refractivity contribution in [1.82, 2.24) is 0 Å². The summed E-state index contributed by atoms with van der Waals surface area (Å²) in [6, 6.07) is 14.2. The van der Waals surface area contributed by atoms with Crippen LogP contribution in [0.25, 0.3) is 0 Å². The van der Waals surface area contributed by atoms with E-state index in [0.29, 0.717) is 11.4 Å². The molecule has 0 fully saturated rings. The minimum atomic E-state index is -0.799. The summed E-state index contributed by atoms with van der Waals surface area (Å²) in [4.78, 5) is 21.0. The van der Waals surface area contributed by atoms with Gasteiger partial charge in [-0.2, -0.15) is 0 Å². The first-order valence-corrected chi connectivity index (χ1v) is 7.72. The first-order valence-electron chi connectivity index (χ1n) is 7.72. The molecular weight excluding hydrogens is 336 g/mol. The fourth-order valence-electron chi connectivity index (χ4n) is 2.04. The summed E-state index contributed by atoms with van der Waals surface area (Å²) in [7, 11) is 0. The van der Waals surface area contributed by atoms with E-state index in [0.717, 1.165) is 23.5 Å². The molecule has 0 aliphatic carbocycles. The second-order valence-electron chi connectivity index (χ2n) is 5.59. The zero-order chi connectivity index (χ0) is 19.1. The summed E-state index contributed by atoms with van der Waals surface area (Å²) in [6.45, 7) is 3.82. The van der Waals surface area contributed by atoms with E-state index in [2.05, 4.69) is 10.6 Å². The monoisotopic (exact) mass is 354 g/mol. The topological polar surface area (TPSA) is 110 Å². The van der Waals surface area contributed by atoms with Crippen LogP contribution in [-0.2, 0) is 0 Å².